The fourth-order valence-corrected chi connectivity index (χ4v) is 4.67. The summed E-state index contributed by atoms with van der Waals surface area (Å²) >= 11 is 0. The number of nitrogen functional groups attached to an aromatic ring is 1. The van der Waals surface area contributed by atoms with Gasteiger partial charge in [0.1, 0.15) is 12.4 Å². The third-order valence-corrected chi connectivity index (χ3v) is 6.29. The summed E-state index contributed by atoms with van der Waals surface area (Å²) in [4.78, 5) is 68.4. The monoisotopic (exact) mass is 447 g/mol. The zero-order chi connectivity index (χ0) is 23.6. The van der Waals surface area contributed by atoms with Gasteiger partial charge in [0.25, 0.3) is 5.56 Å². The molecule has 0 aromatic carbocycles. The van der Waals surface area contributed by atoms with Crippen LogP contribution in [0.3, 0.4) is 0 Å². The second-order valence-electron chi connectivity index (χ2n) is 9.16. The maximum atomic E-state index is 13.3. The van der Waals surface area contributed by atoms with Crippen molar-refractivity contribution in [2.24, 2.45) is 17.8 Å². The van der Waals surface area contributed by atoms with Gasteiger partial charge in [0.05, 0.1) is 11.8 Å². The molecule has 1 saturated heterocycles. The van der Waals surface area contributed by atoms with Crippen LogP contribution in [0.1, 0.15) is 59.3 Å². The second-order valence-corrected chi connectivity index (χ2v) is 9.16. The van der Waals surface area contributed by atoms with Crippen LogP contribution in [0, 0.1) is 17.8 Å². The van der Waals surface area contributed by atoms with Gasteiger partial charge in [0, 0.05) is 13.1 Å². The summed E-state index contributed by atoms with van der Waals surface area (Å²) in [6, 6.07) is 0. The highest BCUT2D eigenvalue weighted by Crippen LogP contribution is 2.38. The number of rotatable bonds is 8. The first-order valence-electron chi connectivity index (χ1n) is 11.5. The molecular weight excluding hydrogens is 414 g/mol. The summed E-state index contributed by atoms with van der Waals surface area (Å²) in [6.45, 7) is 5.73. The lowest BCUT2D eigenvalue weighted by molar-refractivity contribution is -0.143. The molecule has 32 heavy (non-hydrogen) atoms. The van der Waals surface area contributed by atoms with Crippen LogP contribution in [0.5, 0.6) is 0 Å². The molecule has 0 radical (unpaired) electrons. The molecule has 10 nitrogen and oxygen atoms in total. The predicted octanol–water partition coefficient (Wildman–Crippen LogP) is 1.08. The fourth-order valence-electron chi connectivity index (χ4n) is 4.67. The molecular formula is C22H33N5O5. The Balaban J connectivity index is 1.94. The maximum Gasteiger partial charge on any atom is 0.330 e. The number of nitrogens with zero attached hydrogens (tertiary/aromatic N) is 3. The van der Waals surface area contributed by atoms with Gasteiger partial charge in [-0.25, -0.2) is 4.79 Å². The van der Waals surface area contributed by atoms with E-state index in [-0.39, 0.29) is 47.6 Å². The Morgan fingerprint density at radius 1 is 1.12 bits per heavy atom. The molecule has 1 saturated carbocycles. The minimum atomic E-state index is -0.762. The van der Waals surface area contributed by atoms with Crippen LogP contribution in [-0.2, 0) is 20.9 Å². The lowest BCUT2D eigenvalue weighted by Gasteiger charge is -2.27. The number of likely N-dealkylation sites (tertiary alicyclic amines) is 1. The number of nitrogens with one attached hydrogen (secondary N) is 1. The van der Waals surface area contributed by atoms with E-state index in [2.05, 4.69) is 4.98 Å². The van der Waals surface area contributed by atoms with Gasteiger partial charge in [-0.1, -0.05) is 40.0 Å². The van der Waals surface area contributed by atoms with Crippen LogP contribution in [0.4, 0.5) is 11.5 Å². The van der Waals surface area contributed by atoms with E-state index in [0.29, 0.717) is 25.8 Å². The van der Waals surface area contributed by atoms with Crippen molar-refractivity contribution >= 4 is 29.2 Å². The summed E-state index contributed by atoms with van der Waals surface area (Å²) in [7, 11) is 0. The number of anilines is 2. The van der Waals surface area contributed by atoms with Crippen LogP contribution >= 0.6 is 0 Å². The zero-order valence-corrected chi connectivity index (χ0v) is 19.1. The Kier molecular flexibility index (Phi) is 7.20. The van der Waals surface area contributed by atoms with E-state index in [4.69, 9.17) is 5.73 Å². The Bertz CT molecular complexity index is 987. The number of nitrogens with two attached hydrogens (primary N) is 1. The lowest BCUT2D eigenvalue weighted by atomic mass is 9.81. The Labute approximate surface area is 186 Å². The van der Waals surface area contributed by atoms with Gasteiger partial charge in [0.15, 0.2) is 5.69 Å². The molecule has 0 bridgehead atoms. The summed E-state index contributed by atoms with van der Waals surface area (Å²) in [5, 5.41) is 0. The van der Waals surface area contributed by atoms with Gasteiger partial charge in [-0.05, 0) is 25.2 Å². The number of carbonyl (C=O) groups excluding carboxylic acids is 3. The van der Waals surface area contributed by atoms with E-state index in [1.165, 1.54) is 9.47 Å². The molecule has 2 aliphatic rings. The number of hydrogen-bond donors (Lipinski definition) is 2. The van der Waals surface area contributed by atoms with Crippen molar-refractivity contribution in [2.45, 2.75) is 65.8 Å². The van der Waals surface area contributed by atoms with Crippen molar-refractivity contribution < 1.29 is 14.4 Å². The highest BCUT2D eigenvalue weighted by Gasteiger charge is 2.49. The zero-order valence-electron chi connectivity index (χ0n) is 19.1. The van der Waals surface area contributed by atoms with Crippen LogP contribution in [0.25, 0.3) is 0 Å². The number of carbonyl (C=O) groups is 3. The van der Waals surface area contributed by atoms with Gasteiger partial charge >= 0.3 is 5.69 Å². The molecule has 2 atom stereocenters. The number of hydrogen-bond acceptors (Lipinski definition) is 6. The van der Waals surface area contributed by atoms with Gasteiger partial charge in [-0.3, -0.25) is 33.6 Å². The summed E-state index contributed by atoms with van der Waals surface area (Å²) in [6.07, 6.45) is 4.60. The standard InChI is InChI=1S/C22H33N5O5/c1-4-5-10-25-18(23)17(19(29)24-22(25)32)26(11-13(2)3)16(28)12-27-20(30)14-8-6-7-9-15(14)21(27)31/h13-15H,4-12,23H2,1-3H3,(H,24,29,32). The van der Waals surface area contributed by atoms with E-state index in [9.17, 15) is 24.0 Å². The van der Waals surface area contributed by atoms with E-state index in [1.807, 2.05) is 20.8 Å². The Hall–Kier alpha value is -2.91. The first-order chi connectivity index (χ1) is 15.2. The van der Waals surface area contributed by atoms with Gasteiger partial charge in [-0.15, -0.1) is 0 Å². The number of aromatic amines is 1. The maximum absolute atomic E-state index is 13.3. The Morgan fingerprint density at radius 2 is 1.72 bits per heavy atom. The number of imide groups is 1. The second kappa shape index (κ2) is 9.70. The molecule has 1 aromatic heterocycles. The molecule has 1 aromatic rings. The molecule has 176 valence electrons. The van der Waals surface area contributed by atoms with E-state index >= 15 is 0 Å². The first kappa shape index (κ1) is 23.7. The largest absolute Gasteiger partial charge is 0.383 e. The topological polar surface area (TPSA) is 139 Å². The van der Waals surface area contributed by atoms with Gasteiger partial charge in [0.2, 0.25) is 17.7 Å². The quantitative estimate of drug-likeness (QED) is 0.572. The van der Waals surface area contributed by atoms with Crippen molar-refractivity contribution in [3.05, 3.63) is 20.8 Å². The average Bonchev–Trinajstić information content (AvgIpc) is 2.97. The van der Waals surface area contributed by atoms with Crippen LogP contribution < -0.4 is 21.9 Å². The Morgan fingerprint density at radius 3 is 2.25 bits per heavy atom. The average molecular weight is 448 g/mol. The molecule has 1 aliphatic heterocycles. The number of amides is 3. The number of aromatic nitrogens is 2. The van der Waals surface area contributed by atoms with Crippen molar-refractivity contribution in [2.75, 3.05) is 23.7 Å². The van der Waals surface area contributed by atoms with E-state index in [0.717, 1.165) is 24.2 Å². The van der Waals surface area contributed by atoms with Crippen LogP contribution in [0.15, 0.2) is 9.59 Å². The van der Waals surface area contributed by atoms with Gasteiger partial charge in [-0.2, -0.15) is 0 Å². The highest BCUT2D eigenvalue weighted by molar-refractivity contribution is 6.09. The van der Waals surface area contributed by atoms with Crippen LogP contribution in [0.2, 0.25) is 0 Å². The molecule has 10 heteroatoms. The first-order valence-corrected chi connectivity index (χ1v) is 11.5. The third-order valence-electron chi connectivity index (χ3n) is 6.29. The normalized spacial score (nSPS) is 20.7. The van der Waals surface area contributed by atoms with Crippen LogP contribution in [-0.4, -0.2) is 45.3 Å². The van der Waals surface area contributed by atoms with Crippen molar-refractivity contribution in [1.29, 1.82) is 0 Å². The summed E-state index contributed by atoms with van der Waals surface area (Å²) < 4.78 is 1.25. The lowest BCUT2D eigenvalue weighted by Crippen LogP contribution is -2.47. The summed E-state index contributed by atoms with van der Waals surface area (Å²) in [5.74, 6) is -2.02. The predicted molar refractivity (Wildman–Crippen MR) is 120 cm³/mol. The summed E-state index contributed by atoms with van der Waals surface area (Å²) in [5.41, 5.74) is 4.69. The van der Waals surface area contributed by atoms with Crippen molar-refractivity contribution in [1.82, 2.24) is 14.5 Å². The number of fused-ring (bicyclic) bond motifs is 1. The molecule has 3 rings (SSSR count). The highest BCUT2D eigenvalue weighted by atomic mass is 16.2. The minimum absolute atomic E-state index is 0.0265. The number of H-pyrrole nitrogens is 1. The molecule has 2 heterocycles. The van der Waals surface area contributed by atoms with Crippen molar-refractivity contribution in [3.8, 4) is 0 Å². The molecule has 2 fully saturated rings. The third kappa shape index (κ3) is 4.49. The smallest absolute Gasteiger partial charge is 0.330 e. The van der Waals surface area contributed by atoms with Gasteiger partial charge < -0.3 is 10.6 Å². The SMILES string of the molecule is CCCCn1c(N)c(N(CC(C)C)C(=O)CN2C(=O)C3CCCCC3C2=O)c(=O)[nH]c1=O. The molecule has 0 spiro atoms. The fraction of sp³-hybridized carbons (Fsp3) is 0.682. The molecule has 1 aliphatic carbocycles. The van der Waals surface area contributed by atoms with E-state index in [1.54, 1.807) is 0 Å². The minimum Gasteiger partial charge on any atom is -0.383 e. The van der Waals surface area contributed by atoms with E-state index < -0.39 is 23.7 Å². The molecule has 3 N–H and O–H groups in total. The molecule has 3 amide bonds. The number of unbranched alkanes of at least 4 members (excludes halogenated alkanes) is 1. The molecule has 2 unspecified atom stereocenters. The van der Waals surface area contributed by atoms with Crippen molar-refractivity contribution in [3.63, 3.8) is 0 Å².